The average molecular weight is 230 g/mol. The molecule has 0 saturated carbocycles. The molecule has 1 fully saturated rings. The number of fused-ring (bicyclic) bond motifs is 2. The average Bonchev–Trinajstić information content (AvgIpc) is 2.36. The van der Waals surface area contributed by atoms with Crippen molar-refractivity contribution < 1.29 is 9.84 Å². The predicted molar refractivity (Wildman–Crippen MR) is 66.8 cm³/mol. The molecule has 2 heteroatoms. The lowest BCUT2D eigenvalue weighted by atomic mass is 9.75. The summed E-state index contributed by atoms with van der Waals surface area (Å²) in [6.07, 6.45) is 4.72. The molecule has 1 aliphatic carbocycles. The molecule has 1 aliphatic heterocycles. The molecule has 1 aromatic carbocycles. The van der Waals surface area contributed by atoms with Crippen LogP contribution in [0.4, 0.5) is 0 Å². The summed E-state index contributed by atoms with van der Waals surface area (Å²) in [4.78, 5) is 0. The molecule has 3 atom stereocenters. The first-order valence-corrected chi connectivity index (χ1v) is 6.32. The summed E-state index contributed by atoms with van der Waals surface area (Å²) in [5.74, 6) is 1.47. The fraction of sp³-hybridized carbons (Fsp3) is 0.467. The van der Waals surface area contributed by atoms with E-state index in [0.717, 1.165) is 18.6 Å². The molecule has 0 aromatic heterocycles. The summed E-state index contributed by atoms with van der Waals surface area (Å²) in [5, 5.41) is 9.95. The van der Waals surface area contributed by atoms with Crippen molar-refractivity contribution >= 4 is 0 Å². The van der Waals surface area contributed by atoms with Crippen molar-refractivity contribution in [1.82, 2.24) is 0 Å². The minimum atomic E-state index is 0.0315. The molecular weight excluding hydrogens is 212 g/mol. The highest BCUT2D eigenvalue weighted by Gasteiger charge is 2.36. The van der Waals surface area contributed by atoms with E-state index >= 15 is 0 Å². The van der Waals surface area contributed by atoms with Gasteiger partial charge in [0.15, 0.2) is 0 Å². The van der Waals surface area contributed by atoms with Gasteiger partial charge in [0.05, 0.1) is 12.7 Å². The maximum absolute atomic E-state index is 9.95. The predicted octanol–water partition coefficient (Wildman–Crippen LogP) is 3.44. The van der Waals surface area contributed by atoms with E-state index in [9.17, 15) is 5.11 Å². The molecule has 0 spiro atoms. The van der Waals surface area contributed by atoms with E-state index in [1.807, 2.05) is 18.2 Å². The summed E-state index contributed by atoms with van der Waals surface area (Å²) in [6, 6.07) is 7.54. The molecule has 1 saturated heterocycles. The van der Waals surface area contributed by atoms with E-state index in [1.54, 1.807) is 6.07 Å². The van der Waals surface area contributed by atoms with Gasteiger partial charge in [-0.1, -0.05) is 29.8 Å². The van der Waals surface area contributed by atoms with Crippen molar-refractivity contribution in [2.24, 2.45) is 11.8 Å². The minimum absolute atomic E-state index is 0.0315. The van der Waals surface area contributed by atoms with Crippen LogP contribution in [0.3, 0.4) is 0 Å². The number of hydrogen-bond donors (Lipinski definition) is 1. The van der Waals surface area contributed by atoms with E-state index in [-0.39, 0.29) is 6.10 Å². The number of hydrogen-bond acceptors (Lipinski definition) is 2. The van der Waals surface area contributed by atoms with Gasteiger partial charge in [-0.3, -0.25) is 0 Å². The second-order valence-corrected chi connectivity index (χ2v) is 5.20. The van der Waals surface area contributed by atoms with Crippen molar-refractivity contribution in [1.29, 1.82) is 0 Å². The van der Waals surface area contributed by atoms with Gasteiger partial charge in [-0.2, -0.15) is 0 Å². The summed E-state index contributed by atoms with van der Waals surface area (Å²) in [6.45, 7) is 3.00. The number of benzene rings is 1. The number of para-hydroxylation sites is 1. The van der Waals surface area contributed by atoms with Gasteiger partial charge in [-0.15, -0.1) is 0 Å². The zero-order valence-electron chi connectivity index (χ0n) is 10.1. The van der Waals surface area contributed by atoms with Gasteiger partial charge in [0.25, 0.3) is 0 Å². The molecule has 0 radical (unpaired) electrons. The van der Waals surface area contributed by atoms with Gasteiger partial charge in [-0.25, -0.2) is 0 Å². The highest BCUT2D eigenvalue weighted by atomic mass is 16.5. The first kappa shape index (κ1) is 10.8. The number of ether oxygens (including phenoxy) is 1. The third kappa shape index (κ3) is 1.87. The Morgan fingerprint density at radius 1 is 1.29 bits per heavy atom. The first-order valence-electron chi connectivity index (χ1n) is 6.32. The van der Waals surface area contributed by atoms with Crippen LogP contribution < -0.4 is 0 Å². The Morgan fingerprint density at radius 3 is 2.94 bits per heavy atom. The highest BCUT2D eigenvalue weighted by molar-refractivity contribution is 5.36. The molecule has 3 rings (SSSR count). The number of rotatable bonds is 1. The molecule has 2 nitrogen and oxygen atoms in total. The Bertz CT molecular complexity index is 450. The molecule has 17 heavy (non-hydrogen) atoms. The fourth-order valence-corrected chi connectivity index (χ4v) is 3.03. The third-order valence-corrected chi connectivity index (χ3v) is 4.07. The number of allylic oxidation sites excluding steroid dienone is 1. The molecule has 1 N–H and O–H groups in total. The molecule has 2 bridgehead atoms. The maximum atomic E-state index is 9.95. The number of phenolic OH excluding ortho intramolecular Hbond substituents is 1. The lowest BCUT2D eigenvalue weighted by molar-refractivity contribution is -0.0521. The smallest absolute Gasteiger partial charge is 0.121 e. The van der Waals surface area contributed by atoms with Gasteiger partial charge in [0.1, 0.15) is 5.75 Å². The summed E-state index contributed by atoms with van der Waals surface area (Å²) >= 11 is 0. The second-order valence-electron chi connectivity index (χ2n) is 5.20. The van der Waals surface area contributed by atoms with E-state index in [2.05, 4.69) is 13.0 Å². The molecule has 90 valence electrons. The maximum Gasteiger partial charge on any atom is 0.121 e. The Hall–Kier alpha value is -1.28. The molecule has 1 heterocycles. The van der Waals surface area contributed by atoms with Crippen LogP contribution in [0.15, 0.2) is 35.9 Å². The van der Waals surface area contributed by atoms with Gasteiger partial charge in [0, 0.05) is 11.5 Å². The normalized spacial score (nSPS) is 32.1. The van der Waals surface area contributed by atoms with E-state index in [0.29, 0.717) is 17.6 Å². The van der Waals surface area contributed by atoms with Gasteiger partial charge < -0.3 is 9.84 Å². The summed E-state index contributed by atoms with van der Waals surface area (Å²) in [7, 11) is 0. The van der Waals surface area contributed by atoms with Crippen LogP contribution in [0.5, 0.6) is 5.75 Å². The standard InChI is InChI=1S/C15H18O2/c1-10-6-7-11-8-13(10)15(17-9-11)12-4-2-3-5-14(12)16/h2-6,11,13,15-16H,7-9H2,1H3. The molecule has 1 aromatic rings. The van der Waals surface area contributed by atoms with Crippen molar-refractivity contribution in [3.63, 3.8) is 0 Å². The van der Waals surface area contributed by atoms with Gasteiger partial charge in [0.2, 0.25) is 0 Å². The monoisotopic (exact) mass is 230 g/mol. The van der Waals surface area contributed by atoms with E-state index in [4.69, 9.17) is 4.74 Å². The quantitative estimate of drug-likeness (QED) is 0.749. The number of phenols is 1. The molecule has 0 amide bonds. The van der Waals surface area contributed by atoms with Crippen molar-refractivity contribution in [2.75, 3.05) is 6.61 Å². The Kier molecular flexibility index (Phi) is 2.67. The topological polar surface area (TPSA) is 29.5 Å². The highest BCUT2D eigenvalue weighted by Crippen LogP contribution is 2.45. The SMILES string of the molecule is CC1=CCC2COC(c3ccccc3O)C1C2. The van der Waals surface area contributed by atoms with Crippen LogP contribution in [-0.2, 0) is 4.74 Å². The largest absolute Gasteiger partial charge is 0.508 e. The first-order chi connectivity index (χ1) is 8.25. The molecule has 2 aliphatic rings. The lowest BCUT2D eigenvalue weighted by Gasteiger charge is -2.40. The van der Waals surface area contributed by atoms with Gasteiger partial charge >= 0.3 is 0 Å². The molecular formula is C15H18O2. The van der Waals surface area contributed by atoms with Crippen molar-refractivity contribution in [3.05, 3.63) is 41.5 Å². The number of aromatic hydroxyl groups is 1. The van der Waals surface area contributed by atoms with Crippen molar-refractivity contribution in [2.45, 2.75) is 25.9 Å². The van der Waals surface area contributed by atoms with Crippen LogP contribution in [-0.4, -0.2) is 11.7 Å². The lowest BCUT2D eigenvalue weighted by Crippen LogP contribution is -2.32. The second kappa shape index (κ2) is 4.19. The summed E-state index contributed by atoms with van der Waals surface area (Å²) in [5.41, 5.74) is 2.35. The minimum Gasteiger partial charge on any atom is -0.508 e. The third-order valence-electron chi connectivity index (χ3n) is 4.07. The molecule has 3 unspecified atom stereocenters. The Morgan fingerprint density at radius 2 is 2.12 bits per heavy atom. The van der Waals surface area contributed by atoms with E-state index < -0.39 is 0 Å². The van der Waals surface area contributed by atoms with Crippen LogP contribution in [0.2, 0.25) is 0 Å². The van der Waals surface area contributed by atoms with Crippen LogP contribution >= 0.6 is 0 Å². The van der Waals surface area contributed by atoms with Crippen molar-refractivity contribution in [3.8, 4) is 5.75 Å². The van der Waals surface area contributed by atoms with Crippen LogP contribution in [0, 0.1) is 11.8 Å². The fourth-order valence-electron chi connectivity index (χ4n) is 3.03. The zero-order valence-corrected chi connectivity index (χ0v) is 10.1. The van der Waals surface area contributed by atoms with E-state index in [1.165, 1.54) is 12.0 Å². The summed E-state index contributed by atoms with van der Waals surface area (Å²) < 4.78 is 5.98. The Balaban J connectivity index is 1.96. The van der Waals surface area contributed by atoms with Crippen LogP contribution in [0.1, 0.15) is 31.4 Å². The Labute approximate surface area is 102 Å². The van der Waals surface area contributed by atoms with Crippen LogP contribution in [0.25, 0.3) is 0 Å². The van der Waals surface area contributed by atoms with Gasteiger partial charge in [-0.05, 0) is 31.7 Å². The zero-order chi connectivity index (χ0) is 11.8.